The zero-order chi connectivity index (χ0) is 25.1. The highest BCUT2D eigenvalue weighted by Gasteiger charge is 2.19. The number of nitrogens with zero attached hydrogens (tertiary/aromatic N) is 2. The third-order valence-corrected chi connectivity index (χ3v) is 6.47. The van der Waals surface area contributed by atoms with Crippen LogP contribution in [0.4, 0.5) is 5.13 Å². The van der Waals surface area contributed by atoms with Gasteiger partial charge in [0.05, 0.1) is 43.8 Å². The number of rotatable bonds is 7. The number of anilines is 1. The minimum atomic E-state index is -0.267. The highest BCUT2D eigenvalue weighted by molar-refractivity contribution is 7.14. The normalized spacial score (nSPS) is 10.8. The second-order valence-electron chi connectivity index (χ2n) is 7.84. The molecule has 0 saturated carbocycles. The lowest BCUT2D eigenvalue weighted by Crippen LogP contribution is -2.13. The highest BCUT2D eigenvalue weighted by Crippen LogP contribution is 2.41. The van der Waals surface area contributed by atoms with Crippen molar-refractivity contribution in [3.63, 3.8) is 0 Å². The first-order valence-electron chi connectivity index (χ1n) is 11.1. The van der Waals surface area contributed by atoms with Crippen molar-refractivity contribution >= 4 is 33.3 Å². The molecule has 0 aliphatic carbocycles. The molecule has 0 aliphatic heterocycles. The monoisotopic (exact) mass is 497 g/mol. The quantitative estimate of drug-likeness (QED) is 0.284. The molecule has 0 atom stereocenters. The Morgan fingerprint density at radius 3 is 2.17 bits per heavy atom. The van der Waals surface area contributed by atoms with Crippen molar-refractivity contribution in [3.8, 4) is 39.8 Å². The Morgan fingerprint density at radius 1 is 0.778 bits per heavy atom. The number of benzene rings is 3. The van der Waals surface area contributed by atoms with Crippen LogP contribution in [0.25, 0.3) is 33.4 Å². The van der Waals surface area contributed by atoms with E-state index in [2.05, 4.69) is 10.3 Å². The number of thiazole rings is 1. The molecule has 0 saturated heterocycles. The van der Waals surface area contributed by atoms with Gasteiger partial charge in [-0.3, -0.25) is 10.1 Å². The van der Waals surface area contributed by atoms with Gasteiger partial charge < -0.3 is 14.2 Å². The molecule has 2 heterocycles. The van der Waals surface area contributed by atoms with Crippen LogP contribution in [0.1, 0.15) is 10.4 Å². The maximum atomic E-state index is 13.5. The molecule has 3 aromatic carbocycles. The molecule has 1 N–H and O–H groups in total. The van der Waals surface area contributed by atoms with Gasteiger partial charge in [-0.2, -0.15) is 0 Å². The van der Waals surface area contributed by atoms with Gasteiger partial charge in [-0.15, -0.1) is 11.3 Å². The maximum absolute atomic E-state index is 13.5. The third-order valence-electron chi connectivity index (χ3n) is 5.72. The number of amides is 1. The standard InChI is InChI=1S/C28H23N3O4S/c1-33-24-13-18(14-25(34-2)26(24)35-3)22-15-20(19-11-7-8-12-21(19)29-22)27(32)31-28-30-23(16-36-28)17-9-5-4-6-10-17/h4-16H,1-3H3,(H,30,31,32). The van der Waals surface area contributed by atoms with Crippen LogP contribution in [0, 0.1) is 0 Å². The summed E-state index contributed by atoms with van der Waals surface area (Å²) in [5, 5.41) is 6.15. The molecule has 0 unspecified atom stereocenters. The van der Waals surface area contributed by atoms with Crippen molar-refractivity contribution in [2.45, 2.75) is 0 Å². The average molecular weight is 498 g/mol. The predicted molar refractivity (Wildman–Crippen MR) is 142 cm³/mol. The molecule has 1 amide bonds. The van der Waals surface area contributed by atoms with Gasteiger partial charge in [0.15, 0.2) is 16.6 Å². The Morgan fingerprint density at radius 2 is 1.47 bits per heavy atom. The van der Waals surface area contributed by atoms with Gasteiger partial charge in [0.1, 0.15) is 0 Å². The number of hydrogen-bond donors (Lipinski definition) is 1. The topological polar surface area (TPSA) is 82.6 Å². The van der Waals surface area contributed by atoms with Crippen LogP contribution in [-0.4, -0.2) is 37.2 Å². The molecule has 5 aromatic rings. The molecule has 0 bridgehead atoms. The number of methoxy groups -OCH3 is 3. The molecule has 0 aliphatic rings. The molecule has 180 valence electrons. The molecule has 8 heteroatoms. The van der Waals surface area contributed by atoms with Gasteiger partial charge >= 0.3 is 0 Å². The highest BCUT2D eigenvalue weighted by atomic mass is 32.1. The second-order valence-corrected chi connectivity index (χ2v) is 8.70. The van der Waals surface area contributed by atoms with Crippen molar-refractivity contribution < 1.29 is 19.0 Å². The summed E-state index contributed by atoms with van der Waals surface area (Å²) in [4.78, 5) is 22.9. The van der Waals surface area contributed by atoms with Crippen molar-refractivity contribution in [2.75, 3.05) is 26.6 Å². The lowest BCUT2D eigenvalue weighted by atomic mass is 10.0. The fraction of sp³-hybridized carbons (Fsp3) is 0.107. The van der Waals surface area contributed by atoms with Gasteiger partial charge in [-0.05, 0) is 24.3 Å². The molecule has 7 nitrogen and oxygen atoms in total. The van der Waals surface area contributed by atoms with Crippen molar-refractivity contribution in [3.05, 3.63) is 83.7 Å². The van der Waals surface area contributed by atoms with Crippen molar-refractivity contribution in [2.24, 2.45) is 0 Å². The molecule has 5 rings (SSSR count). The summed E-state index contributed by atoms with van der Waals surface area (Å²) in [6, 6.07) is 22.8. The first-order chi connectivity index (χ1) is 17.6. The van der Waals surface area contributed by atoms with Crippen LogP contribution >= 0.6 is 11.3 Å². The number of nitrogens with one attached hydrogen (secondary N) is 1. The van der Waals surface area contributed by atoms with Crippen LogP contribution in [-0.2, 0) is 0 Å². The van der Waals surface area contributed by atoms with E-state index in [9.17, 15) is 4.79 Å². The van der Waals surface area contributed by atoms with Gasteiger partial charge in [0.2, 0.25) is 5.75 Å². The number of pyridine rings is 1. The van der Waals surface area contributed by atoms with Crippen LogP contribution in [0.3, 0.4) is 0 Å². The minimum absolute atomic E-state index is 0.267. The lowest BCUT2D eigenvalue weighted by Gasteiger charge is -2.15. The number of carbonyl (C=O) groups is 1. The number of fused-ring (bicyclic) bond motifs is 1. The summed E-state index contributed by atoms with van der Waals surface area (Å²) in [6.45, 7) is 0. The zero-order valence-corrected chi connectivity index (χ0v) is 20.8. The Kier molecular flexibility index (Phi) is 6.51. The third kappa shape index (κ3) is 4.46. The summed E-state index contributed by atoms with van der Waals surface area (Å²) in [5.74, 6) is 1.23. The maximum Gasteiger partial charge on any atom is 0.258 e. The number of ether oxygens (including phenoxy) is 3. The molecular weight excluding hydrogens is 474 g/mol. The zero-order valence-electron chi connectivity index (χ0n) is 19.9. The molecule has 0 radical (unpaired) electrons. The number of carbonyl (C=O) groups excluding carboxylic acids is 1. The SMILES string of the molecule is COc1cc(-c2cc(C(=O)Nc3nc(-c4ccccc4)cs3)c3ccccc3n2)cc(OC)c1OC. The van der Waals surface area contributed by atoms with Crippen LogP contribution in [0.2, 0.25) is 0 Å². The number of para-hydroxylation sites is 1. The lowest BCUT2D eigenvalue weighted by molar-refractivity contribution is 0.102. The van der Waals surface area contributed by atoms with E-state index in [0.29, 0.717) is 39.2 Å². The Bertz CT molecular complexity index is 1520. The van der Waals surface area contributed by atoms with E-state index in [-0.39, 0.29) is 5.91 Å². The molecule has 0 fully saturated rings. The van der Waals surface area contributed by atoms with Crippen LogP contribution in [0.15, 0.2) is 78.2 Å². The molecule has 0 spiro atoms. The predicted octanol–water partition coefficient (Wildman–Crippen LogP) is 6.30. The van der Waals surface area contributed by atoms with E-state index in [0.717, 1.165) is 22.2 Å². The van der Waals surface area contributed by atoms with E-state index in [1.54, 1.807) is 27.4 Å². The smallest absolute Gasteiger partial charge is 0.258 e. The number of hydrogen-bond acceptors (Lipinski definition) is 7. The van der Waals surface area contributed by atoms with Gasteiger partial charge in [0, 0.05) is 21.9 Å². The largest absolute Gasteiger partial charge is 0.493 e. The summed E-state index contributed by atoms with van der Waals surface area (Å²) >= 11 is 1.38. The average Bonchev–Trinajstić information content (AvgIpc) is 3.40. The summed E-state index contributed by atoms with van der Waals surface area (Å²) in [5.41, 5.74) is 4.31. The van der Waals surface area contributed by atoms with E-state index in [4.69, 9.17) is 19.2 Å². The first kappa shape index (κ1) is 23.3. The van der Waals surface area contributed by atoms with E-state index in [1.807, 2.05) is 72.1 Å². The first-order valence-corrected chi connectivity index (χ1v) is 12.0. The van der Waals surface area contributed by atoms with Gasteiger partial charge in [-0.1, -0.05) is 48.5 Å². The van der Waals surface area contributed by atoms with Crippen molar-refractivity contribution in [1.82, 2.24) is 9.97 Å². The Balaban J connectivity index is 1.55. The van der Waals surface area contributed by atoms with Crippen LogP contribution in [0.5, 0.6) is 17.2 Å². The summed E-state index contributed by atoms with van der Waals surface area (Å²) < 4.78 is 16.5. The van der Waals surface area contributed by atoms with Gasteiger partial charge in [-0.25, -0.2) is 9.97 Å². The van der Waals surface area contributed by atoms with E-state index >= 15 is 0 Å². The van der Waals surface area contributed by atoms with Crippen molar-refractivity contribution in [1.29, 1.82) is 0 Å². The van der Waals surface area contributed by atoms with Crippen LogP contribution < -0.4 is 19.5 Å². The minimum Gasteiger partial charge on any atom is -0.493 e. The molecular formula is C28H23N3O4S. The van der Waals surface area contributed by atoms with Gasteiger partial charge in [0.25, 0.3) is 5.91 Å². The fourth-order valence-corrected chi connectivity index (χ4v) is 4.69. The summed E-state index contributed by atoms with van der Waals surface area (Å²) in [6.07, 6.45) is 0. The van der Waals surface area contributed by atoms with E-state index in [1.165, 1.54) is 11.3 Å². The fourth-order valence-electron chi connectivity index (χ4n) is 3.98. The molecule has 36 heavy (non-hydrogen) atoms. The van der Waals surface area contributed by atoms with E-state index < -0.39 is 0 Å². The summed E-state index contributed by atoms with van der Waals surface area (Å²) in [7, 11) is 4.68. The Hall–Kier alpha value is -4.43. The molecule has 2 aromatic heterocycles. The second kappa shape index (κ2) is 10.1. The number of aromatic nitrogens is 2. The Labute approximate surface area is 212 Å².